The molecule has 2 aromatic rings. The number of rotatable bonds is 5. The second kappa shape index (κ2) is 6.08. The van der Waals surface area contributed by atoms with E-state index in [0.717, 1.165) is 21.4 Å². The number of nitrogens with zero attached hydrogens (tertiary/aromatic N) is 2. The summed E-state index contributed by atoms with van der Waals surface area (Å²) in [7, 11) is 0. The number of halogens is 1. The zero-order chi connectivity index (χ0) is 13.0. The van der Waals surface area contributed by atoms with Gasteiger partial charge in [-0.3, -0.25) is 0 Å². The van der Waals surface area contributed by atoms with Gasteiger partial charge >= 0.3 is 0 Å². The van der Waals surface area contributed by atoms with Crippen molar-refractivity contribution in [3.8, 4) is 0 Å². The van der Waals surface area contributed by atoms with E-state index in [1.807, 2.05) is 31.2 Å². The summed E-state index contributed by atoms with van der Waals surface area (Å²) < 4.78 is 5.59. The van der Waals surface area contributed by atoms with Crippen molar-refractivity contribution in [3.63, 3.8) is 0 Å². The van der Waals surface area contributed by atoms with Crippen molar-refractivity contribution in [2.24, 2.45) is 0 Å². The van der Waals surface area contributed by atoms with Crippen LogP contribution in [0.2, 0.25) is 0 Å². The van der Waals surface area contributed by atoms with E-state index < -0.39 is 6.10 Å². The second-order valence-electron chi connectivity index (χ2n) is 3.99. The number of aryl methyl sites for hydroxylation is 1. The lowest BCUT2D eigenvalue weighted by molar-refractivity contribution is 0.174. The molecule has 18 heavy (non-hydrogen) atoms. The van der Waals surface area contributed by atoms with Gasteiger partial charge < -0.3 is 10.4 Å². The average molecular weight is 312 g/mol. The van der Waals surface area contributed by atoms with Gasteiger partial charge in [-0.25, -0.2) is 4.63 Å². The van der Waals surface area contributed by atoms with Crippen molar-refractivity contribution >= 4 is 15.9 Å². The molecule has 0 spiro atoms. The Morgan fingerprint density at radius 3 is 2.67 bits per heavy atom. The summed E-state index contributed by atoms with van der Waals surface area (Å²) in [6.45, 7) is 2.81. The molecular formula is C12H14BrN3O2. The largest absolute Gasteiger partial charge is 0.387 e. The maximum Gasteiger partial charge on any atom is 0.121 e. The monoisotopic (exact) mass is 311 g/mol. The van der Waals surface area contributed by atoms with Gasteiger partial charge in [0, 0.05) is 17.6 Å². The van der Waals surface area contributed by atoms with Gasteiger partial charge in [-0.1, -0.05) is 38.4 Å². The van der Waals surface area contributed by atoms with Crippen molar-refractivity contribution in [2.45, 2.75) is 19.6 Å². The SMILES string of the molecule is Cc1nonc1CNC[C@H](O)c1ccc(Br)cc1. The van der Waals surface area contributed by atoms with E-state index in [9.17, 15) is 5.11 Å². The van der Waals surface area contributed by atoms with E-state index in [2.05, 4.69) is 36.2 Å². The van der Waals surface area contributed by atoms with Crippen LogP contribution in [0.25, 0.3) is 0 Å². The highest BCUT2D eigenvalue weighted by Crippen LogP contribution is 2.16. The van der Waals surface area contributed by atoms with E-state index >= 15 is 0 Å². The number of nitrogens with one attached hydrogen (secondary N) is 1. The lowest BCUT2D eigenvalue weighted by Gasteiger charge is -2.11. The number of hydrogen-bond acceptors (Lipinski definition) is 5. The second-order valence-corrected chi connectivity index (χ2v) is 4.91. The number of aromatic nitrogens is 2. The molecule has 0 aliphatic carbocycles. The van der Waals surface area contributed by atoms with Crippen LogP contribution >= 0.6 is 15.9 Å². The molecule has 1 aromatic carbocycles. The zero-order valence-electron chi connectivity index (χ0n) is 9.93. The standard InChI is InChI=1S/C12H14BrN3O2/c1-8-11(16-18-15-8)6-14-7-12(17)9-2-4-10(13)5-3-9/h2-5,12,14,17H,6-7H2,1H3/t12-/m0/s1. The lowest BCUT2D eigenvalue weighted by Crippen LogP contribution is -2.21. The van der Waals surface area contributed by atoms with Gasteiger partial charge in [-0.15, -0.1) is 0 Å². The fraction of sp³-hybridized carbons (Fsp3) is 0.333. The maximum atomic E-state index is 9.97. The summed E-state index contributed by atoms with van der Waals surface area (Å²) in [5.74, 6) is 0. The summed E-state index contributed by atoms with van der Waals surface area (Å²) in [5.41, 5.74) is 2.40. The summed E-state index contributed by atoms with van der Waals surface area (Å²) >= 11 is 3.36. The van der Waals surface area contributed by atoms with Gasteiger partial charge in [0.25, 0.3) is 0 Å². The zero-order valence-corrected chi connectivity index (χ0v) is 11.5. The van der Waals surface area contributed by atoms with E-state index in [-0.39, 0.29) is 0 Å². The first-order chi connectivity index (χ1) is 8.66. The van der Waals surface area contributed by atoms with Crippen LogP contribution in [0.4, 0.5) is 0 Å². The van der Waals surface area contributed by atoms with E-state index in [0.29, 0.717) is 13.1 Å². The van der Waals surface area contributed by atoms with Crippen LogP contribution in [0.1, 0.15) is 23.1 Å². The molecule has 0 bridgehead atoms. The quantitative estimate of drug-likeness (QED) is 0.883. The van der Waals surface area contributed by atoms with Gasteiger partial charge in [0.1, 0.15) is 11.4 Å². The molecule has 2 rings (SSSR count). The topological polar surface area (TPSA) is 71.2 Å². The predicted molar refractivity (Wildman–Crippen MR) is 69.8 cm³/mol. The minimum atomic E-state index is -0.543. The van der Waals surface area contributed by atoms with Gasteiger partial charge in [0.15, 0.2) is 0 Å². The summed E-state index contributed by atoms with van der Waals surface area (Å²) in [6.07, 6.45) is -0.543. The molecule has 2 N–H and O–H groups in total. The first-order valence-corrected chi connectivity index (χ1v) is 6.38. The smallest absolute Gasteiger partial charge is 0.121 e. The summed E-state index contributed by atoms with van der Waals surface area (Å²) in [5, 5.41) is 20.5. The van der Waals surface area contributed by atoms with Crippen molar-refractivity contribution in [1.82, 2.24) is 15.6 Å². The van der Waals surface area contributed by atoms with Gasteiger partial charge in [-0.05, 0) is 24.6 Å². The van der Waals surface area contributed by atoms with Crippen LogP contribution in [-0.4, -0.2) is 22.0 Å². The molecule has 96 valence electrons. The highest BCUT2D eigenvalue weighted by molar-refractivity contribution is 9.10. The molecule has 0 radical (unpaired) electrons. The Balaban J connectivity index is 1.83. The molecule has 0 aliphatic rings. The minimum absolute atomic E-state index is 0.452. The van der Waals surface area contributed by atoms with Crippen LogP contribution in [-0.2, 0) is 6.54 Å². The van der Waals surface area contributed by atoms with Crippen LogP contribution < -0.4 is 5.32 Å². The van der Waals surface area contributed by atoms with Crippen LogP contribution in [0, 0.1) is 6.92 Å². The van der Waals surface area contributed by atoms with Crippen molar-refractivity contribution in [1.29, 1.82) is 0 Å². The Labute approximate surface area is 113 Å². The molecule has 0 aliphatic heterocycles. The Morgan fingerprint density at radius 1 is 1.33 bits per heavy atom. The number of benzene rings is 1. The Morgan fingerprint density at radius 2 is 2.06 bits per heavy atom. The molecule has 0 saturated heterocycles. The van der Waals surface area contributed by atoms with Crippen molar-refractivity contribution in [2.75, 3.05) is 6.54 Å². The summed E-state index contributed by atoms with van der Waals surface area (Å²) in [6, 6.07) is 7.59. The van der Waals surface area contributed by atoms with Gasteiger partial charge in [0.05, 0.1) is 6.10 Å². The Hall–Kier alpha value is -1.24. The third-order valence-corrected chi connectivity index (χ3v) is 3.16. The highest BCUT2D eigenvalue weighted by atomic mass is 79.9. The molecule has 0 saturated carbocycles. The van der Waals surface area contributed by atoms with Gasteiger partial charge in [0.2, 0.25) is 0 Å². The molecule has 0 unspecified atom stereocenters. The number of hydrogen-bond donors (Lipinski definition) is 2. The molecule has 1 heterocycles. The van der Waals surface area contributed by atoms with Crippen LogP contribution in [0.15, 0.2) is 33.4 Å². The van der Waals surface area contributed by atoms with Crippen molar-refractivity contribution < 1.29 is 9.74 Å². The molecule has 1 atom stereocenters. The van der Waals surface area contributed by atoms with Crippen LogP contribution in [0.3, 0.4) is 0 Å². The Bertz CT molecular complexity index is 498. The lowest BCUT2D eigenvalue weighted by atomic mass is 10.1. The summed E-state index contributed by atoms with van der Waals surface area (Å²) in [4.78, 5) is 0. The first-order valence-electron chi connectivity index (χ1n) is 5.59. The molecule has 0 fully saturated rings. The van der Waals surface area contributed by atoms with E-state index in [4.69, 9.17) is 0 Å². The van der Waals surface area contributed by atoms with E-state index in [1.165, 1.54) is 0 Å². The number of aliphatic hydroxyl groups excluding tert-OH is 1. The molecular weight excluding hydrogens is 298 g/mol. The molecule has 1 aromatic heterocycles. The van der Waals surface area contributed by atoms with Crippen molar-refractivity contribution in [3.05, 3.63) is 45.7 Å². The third-order valence-electron chi connectivity index (χ3n) is 2.63. The Kier molecular flexibility index (Phi) is 4.46. The molecule has 0 amide bonds. The molecule has 5 nitrogen and oxygen atoms in total. The number of aliphatic hydroxyl groups is 1. The van der Waals surface area contributed by atoms with E-state index in [1.54, 1.807) is 0 Å². The molecule has 6 heteroatoms. The average Bonchev–Trinajstić information content (AvgIpc) is 2.76. The fourth-order valence-electron chi connectivity index (χ4n) is 1.54. The third kappa shape index (κ3) is 3.38. The normalized spacial score (nSPS) is 12.6. The van der Waals surface area contributed by atoms with Gasteiger partial charge in [-0.2, -0.15) is 0 Å². The fourth-order valence-corrected chi connectivity index (χ4v) is 1.80. The highest BCUT2D eigenvalue weighted by Gasteiger charge is 2.09. The first kappa shape index (κ1) is 13.2. The maximum absolute atomic E-state index is 9.97. The predicted octanol–water partition coefficient (Wildman–Crippen LogP) is 1.96. The van der Waals surface area contributed by atoms with Crippen LogP contribution in [0.5, 0.6) is 0 Å². The minimum Gasteiger partial charge on any atom is -0.387 e.